The van der Waals surface area contributed by atoms with E-state index in [9.17, 15) is 9.59 Å². The van der Waals surface area contributed by atoms with Crippen LogP contribution in [0.25, 0.3) is 0 Å². The Morgan fingerprint density at radius 2 is 2.16 bits per heavy atom. The Morgan fingerprint density at radius 3 is 2.79 bits per heavy atom. The summed E-state index contributed by atoms with van der Waals surface area (Å²) in [4.78, 5) is 26.5. The van der Waals surface area contributed by atoms with Gasteiger partial charge in [0.2, 0.25) is 0 Å². The van der Waals surface area contributed by atoms with Crippen LogP contribution in [0.1, 0.15) is 6.92 Å². The fourth-order valence-electron chi connectivity index (χ4n) is 2.20. The first-order valence-electron chi connectivity index (χ1n) is 6.14. The number of morpholine rings is 1. The summed E-state index contributed by atoms with van der Waals surface area (Å²) in [5.41, 5.74) is 0. The van der Waals surface area contributed by atoms with Crippen LogP contribution in [0.3, 0.4) is 0 Å². The van der Waals surface area contributed by atoms with Crippen molar-refractivity contribution in [1.82, 2.24) is 9.80 Å². The third kappa shape index (κ3) is 2.96. The van der Waals surface area contributed by atoms with Crippen molar-refractivity contribution < 1.29 is 24.5 Å². The summed E-state index contributed by atoms with van der Waals surface area (Å²) >= 11 is 1.44. The Hall–Kier alpha value is -0.990. The topological polar surface area (TPSA) is 90.3 Å². The zero-order valence-corrected chi connectivity index (χ0v) is 11.5. The molecule has 7 nitrogen and oxygen atoms in total. The van der Waals surface area contributed by atoms with Gasteiger partial charge in [0.25, 0.3) is 0 Å². The van der Waals surface area contributed by atoms with Crippen LogP contribution in [0.5, 0.6) is 0 Å². The minimum absolute atomic E-state index is 0.115. The van der Waals surface area contributed by atoms with Gasteiger partial charge in [0.15, 0.2) is 0 Å². The highest BCUT2D eigenvalue weighted by Crippen LogP contribution is 2.24. The van der Waals surface area contributed by atoms with Crippen LogP contribution >= 0.6 is 11.8 Å². The maximum atomic E-state index is 12.4. The van der Waals surface area contributed by atoms with E-state index in [0.29, 0.717) is 24.8 Å². The van der Waals surface area contributed by atoms with E-state index in [1.165, 1.54) is 16.7 Å². The number of carboxylic acids is 1. The Balaban J connectivity index is 2.07. The molecule has 0 aliphatic carbocycles. The Labute approximate surface area is 115 Å². The van der Waals surface area contributed by atoms with Gasteiger partial charge in [-0.25, -0.2) is 9.59 Å². The van der Waals surface area contributed by atoms with Gasteiger partial charge < -0.3 is 24.7 Å². The monoisotopic (exact) mass is 290 g/mol. The fraction of sp³-hybridized carbons (Fsp3) is 0.818. The number of ether oxygens (including phenoxy) is 1. The molecule has 2 aliphatic rings. The molecule has 0 bridgehead atoms. The molecule has 2 fully saturated rings. The number of nitrogens with zero attached hydrogens (tertiary/aromatic N) is 2. The highest BCUT2D eigenvalue weighted by atomic mass is 32.2. The van der Waals surface area contributed by atoms with E-state index in [1.807, 2.05) is 6.92 Å². The maximum Gasteiger partial charge on any atom is 0.327 e. The molecule has 2 N–H and O–H groups in total. The number of hydrogen-bond acceptors (Lipinski definition) is 5. The van der Waals surface area contributed by atoms with Gasteiger partial charge in [0, 0.05) is 5.75 Å². The molecule has 0 aromatic carbocycles. The van der Waals surface area contributed by atoms with Gasteiger partial charge in [-0.3, -0.25) is 0 Å². The first-order valence-corrected chi connectivity index (χ1v) is 7.30. The molecule has 0 aromatic rings. The van der Waals surface area contributed by atoms with Crippen molar-refractivity contribution in [3.63, 3.8) is 0 Å². The molecule has 108 valence electrons. The van der Waals surface area contributed by atoms with Gasteiger partial charge in [-0.05, 0) is 6.92 Å². The normalized spacial score (nSPS) is 31.6. The van der Waals surface area contributed by atoms with Crippen LogP contribution in [-0.2, 0) is 9.53 Å². The number of aliphatic hydroxyl groups excluding tert-OH is 1. The number of carbonyl (C=O) groups is 2. The molecule has 0 saturated carbocycles. The van der Waals surface area contributed by atoms with Gasteiger partial charge in [-0.2, -0.15) is 0 Å². The third-order valence-electron chi connectivity index (χ3n) is 3.37. The van der Waals surface area contributed by atoms with E-state index in [1.54, 1.807) is 4.90 Å². The summed E-state index contributed by atoms with van der Waals surface area (Å²) in [6.07, 6.45) is -0.390. The zero-order valence-electron chi connectivity index (χ0n) is 10.7. The summed E-state index contributed by atoms with van der Waals surface area (Å²) in [6, 6.07) is -1.16. The van der Waals surface area contributed by atoms with Crippen LogP contribution in [0.4, 0.5) is 4.79 Å². The Morgan fingerprint density at radius 1 is 1.42 bits per heavy atom. The molecule has 0 aromatic heterocycles. The van der Waals surface area contributed by atoms with E-state index in [4.69, 9.17) is 14.9 Å². The van der Waals surface area contributed by atoms with Crippen molar-refractivity contribution in [3.8, 4) is 0 Å². The lowest BCUT2D eigenvalue weighted by molar-refractivity contribution is -0.141. The van der Waals surface area contributed by atoms with E-state index in [0.717, 1.165) is 0 Å². The molecule has 2 rings (SSSR count). The number of urea groups is 1. The maximum absolute atomic E-state index is 12.4. The summed E-state index contributed by atoms with van der Waals surface area (Å²) in [5, 5.41) is 18.2. The van der Waals surface area contributed by atoms with Gasteiger partial charge in [0.05, 0.1) is 37.8 Å². The number of amides is 2. The van der Waals surface area contributed by atoms with Crippen LogP contribution < -0.4 is 0 Å². The van der Waals surface area contributed by atoms with Crippen LogP contribution in [-0.4, -0.2) is 81.6 Å². The minimum atomic E-state index is -0.974. The van der Waals surface area contributed by atoms with Crippen molar-refractivity contribution in [2.45, 2.75) is 25.1 Å². The first-order chi connectivity index (χ1) is 9.04. The molecule has 3 unspecified atom stereocenters. The second-order valence-electron chi connectivity index (χ2n) is 4.75. The van der Waals surface area contributed by atoms with E-state index in [-0.39, 0.29) is 18.7 Å². The lowest BCUT2D eigenvalue weighted by Gasteiger charge is -2.39. The van der Waals surface area contributed by atoms with Crippen molar-refractivity contribution in [2.75, 3.05) is 31.4 Å². The van der Waals surface area contributed by atoms with Gasteiger partial charge >= 0.3 is 12.0 Å². The molecule has 2 amide bonds. The molecule has 0 spiro atoms. The summed E-state index contributed by atoms with van der Waals surface area (Å²) in [6.45, 7) is 2.36. The highest BCUT2D eigenvalue weighted by molar-refractivity contribution is 7.99. The summed E-state index contributed by atoms with van der Waals surface area (Å²) in [7, 11) is 0. The second-order valence-corrected chi connectivity index (χ2v) is 5.75. The Kier molecular flexibility index (Phi) is 4.54. The van der Waals surface area contributed by atoms with Gasteiger partial charge in [-0.15, -0.1) is 11.8 Å². The molecule has 8 heteroatoms. The summed E-state index contributed by atoms with van der Waals surface area (Å²) in [5.74, 6) is -0.162. The average Bonchev–Trinajstić information content (AvgIpc) is 2.88. The van der Waals surface area contributed by atoms with E-state index in [2.05, 4.69) is 0 Å². The van der Waals surface area contributed by atoms with Crippen LogP contribution in [0.15, 0.2) is 0 Å². The molecular formula is C11H18N2O5S. The highest BCUT2D eigenvalue weighted by Gasteiger charge is 2.39. The van der Waals surface area contributed by atoms with Crippen molar-refractivity contribution >= 4 is 23.8 Å². The van der Waals surface area contributed by atoms with Gasteiger partial charge in [-0.1, -0.05) is 0 Å². The minimum Gasteiger partial charge on any atom is -0.480 e. The molecule has 3 atom stereocenters. The number of rotatable bonds is 2. The molecule has 19 heavy (non-hydrogen) atoms. The smallest absolute Gasteiger partial charge is 0.327 e. The molecule has 2 aliphatic heterocycles. The number of thioether (sulfide) groups is 1. The molecule has 2 saturated heterocycles. The number of aliphatic hydroxyl groups is 1. The van der Waals surface area contributed by atoms with Gasteiger partial charge in [0.1, 0.15) is 6.04 Å². The molecule has 2 heterocycles. The number of aliphatic carboxylic acids is 1. The van der Waals surface area contributed by atoms with E-state index < -0.39 is 18.1 Å². The predicted octanol–water partition coefficient (Wildman–Crippen LogP) is -0.353. The lowest BCUT2D eigenvalue weighted by atomic mass is 10.2. The second kappa shape index (κ2) is 5.98. The van der Waals surface area contributed by atoms with Crippen molar-refractivity contribution in [3.05, 3.63) is 0 Å². The lowest BCUT2D eigenvalue weighted by Crippen LogP contribution is -2.57. The summed E-state index contributed by atoms with van der Waals surface area (Å²) < 4.78 is 5.37. The fourth-order valence-corrected chi connectivity index (χ4v) is 3.33. The number of carbonyl (C=O) groups excluding carboxylic acids is 1. The zero-order chi connectivity index (χ0) is 14.0. The SMILES string of the molecule is CC1COC(CO)CN1C(=O)N1CSCC1C(=O)O. The van der Waals surface area contributed by atoms with Crippen LogP contribution in [0.2, 0.25) is 0 Å². The first kappa shape index (κ1) is 14.4. The standard InChI is InChI=1S/C11H18N2O5S/c1-7-4-18-8(3-14)2-12(7)11(17)13-6-19-5-9(13)10(15)16/h7-9,14H,2-6H2,1H3,(H,15,16). The Bertz CT molecular complexity index is 367. The number of carboxylic acid groups (broad SMARTS) is 1. The van der Waals surface area contributed by atoms with Crippen molar-refractivity contribution in [1.29, 1.82) is 0 Å². The van der Waals surface area contributed by atoms with Crippen LogP contribution in [0, 0.1) is 0 Å². The van der Waals surface area contributed by atoms with Crippen molar-refractivity contribution in [2.24, 2.45) is 0 Å². The third-order valence-corrected chi connectivity index (χ3v) is 4.38. The quantitative estimate of drug-likeness (QED) is 0.722. The van der Waals surface area contributed by atoms with E-state index >= 15 is 0 Å². The average molecular weight is 290 g/mol. The largest absolute Gasteiger partial charge is 0.480 e. The molecular weight excluding hydrogens is 272 g/mol. The number of hydrogen-bond donors (Lipinski definition) is 2. The predicted molar refractivity (Wildman–Crippen MR) is 69.0 cm³/mol. The molecule has 0 radical (unpaired) electrons.